The van der Waals surface area contributed by atoms with Gasteiger partial charge in [0.15, 0.2) is 11.5 Å². The number of aliphatic hydroxyl groups is 1. The largest absolute Gasteiger partial charge is 0.396 e. The lowest BCUT2D eigenvalue weighted by Crippen LogP contribution is -2.53. The first kappa shape index (κ1) is 16.7. The fraction of sp³-hybridized carbons (Fsp3) is 0.562. The van der Waals surface area contributed by atoms with Crippen LogP contribution in [0.15, 0.2) is 18.0 Å². The molecule has 1 saturated heterocycles. The molecule has 130 valence electrons. The van der Waals surface area contributed by atoms with Crippen LogP contribution in [-0.4, -0.2) is 68.8 Å². The summed E-state index contributed by atoms with van der Waals surface area (Å²) in [6.45, 7) is 7.85. The zero-order chi connectivity index (χ0) is 17.1. The number of hydrogen-bond acceptors (Lipinski definition) is 7. The SMILES string of the molecule is CC(C)=CCN1CCN(c2nc(N)nc3nc[nH]c23)CC1CCO. The number of aromatic nitrogens is 4. The molecule has 2 aromatic rings. The van der Waals surface area contributed by atoms with Gasteiger partial charge in [-0.1, -0.05) is 11.6 Å². The molecule has 1 unspecified atom stereocenters. The minimum absolute atomic E-state index is 0.176. The average molecular weight is 331 g/mol. The summed E-state index contributed by atoms with van der Waals surface area (Å²) >= 11 is 0. The minimum Gasteiger partial charge on any atom is -0.396 e. The van der Waals surface area contributed by atoms with E-state index in [1.165, 1.54) is 5.57 Å². The topological polar surface area (TPSA) is 107 Å². The van der Waals surface area contributed by atoms with Crippen molar-refractivity contribution in [2.24, 2.45) is 0 Å². The number of aliphatic hydroxyl groups excluding tert-OH is 1. The Labute approximate surface area is 141 Å². The van der Waals surface area contributed by atoms with Crippen LogP contribution in [0.5, 0.6) is 0 Å². The van der Waals surface area contributed by atoms with Gasteiger partial charge in [-0.3, -0.25) is 4.90 Å². The number of nitrogen functional groups attached to an aromatic ring is 1. The molecule has 1 aliphatic rings. The highest BCUT2D eigenvalue weighted by atomic mass is 16.3. The van der Waals surface area contributed by atoms with Crippen molar-refractivity contribution >= 4 is 22.9 Å². The molecule has 0 aliphatic carbocycles. The summed E-state index contributed by atoms with van der Waals surface area (Å²) in [7, 11) is 0. The highest BCUT2D eigenvalue weighted by Crippen LogP contribution is 2.25. The van der Waals surface area contributed by atoms with E-state index in [1.807, 2.05) is 0 Å². The van der Waals surface area contributed by atoms with E-state index in [9.17, 15) is 5.11 Å². The Bertz CT molecular complexity index is 722. The van der Waals surface area contributed by atoms with Crippen molar-refractivity contribution in [3.8, 4) is 0 Å². The lowest BCUT2D eigenvalue weighted by atomic mass is 10.1. The van der Waals surface area contributed by atoms with E-state index in [1.54, 1.807) is 6.33 Å². The Morgan fingerprint density at radius 2 is 2.25 bits per heavy atom. The van der Waals surface area contributed by atoms with Gasteiger partial charge in [0.05, 0.1) is 6.33 Å². The number of nitrogens with zero attached hydrogens (tertiary/aromatic N) is 5. The van der Waals surface area contributed by atoms with Gasteiger partial charge in [0.25, 0.3) is 0 Å². The lowest BCUT2D eigenvalue weighted by molar-refractivity contribution is 0.155. The molecule has 0 spiro atoms. The number of piperazine rings is 1. The lowest BCUT2D eigenvalue weighted by Gasteiger charge is -2.41. The van der Waals surface area contributed by atoms with E-state index in [0.29, 0.717) is 5.65 Å². The van der Waals surface area contributed by atoms with Crippen LogP contribution >= 0.6 is 0 Å². The second-order valence-electron chi connectivity index (χ2n) is 6.40. The number of allylic oxidation sites excluding steroid dienone is 1. The van der Waals surface area contributed by atoms with Crippen LogP contribution < -0.4 is 10.6 Å². The van der Waals surface area contributed by atoms with Crippen molar-refractivity contribution < 1.29 is 5.11 Å². The standard InChI is InChI=1S/C16H25N7O/c1-11(2)3-5-22-6-7-23(9-12(22)4-8-24)15-13-14(19-10-18-13)20-16(17)21-15/h3,10,12,24H,4-9H2,1-2H3,(H3,17,18,19,20,21). The molecule has 2 aromatic heterocycles. The van der Waals surface area contributed by atoms with Gasteiger partial charge in [-0.25, -0.2) is 4.98 Å². The summed E-state index contributed by atoms with van der Waals surface area (Å²) < 4.78 is 0. The monoisotopic (exact) mass is 331 g/mol. The van der Waals surface area contributed by atoms with Crippen molar-refractivity contribution in [2.75, 3.05) is 43.4 Å². The van der Waals surface area contributed by atoms with Crippen LogP contribution in [0.3, 0.4) is 0 Å². The van der Waals surface area contributed by atoms with Gasteiger partial charge in [-0.05, 0) is 20.3 Å². The van der Waals surface area contributed by atoms with Gasteiger partial charge in [-0.15, -0.1) is 0 Å². The number of H-pyrrole nitrogens is 1. The molecule has 1 fully saturated rings. The zero-order valence-electron chi connectivity index (χ0n) is 14.2. The Kier molecular flexibility index (Phi) is 4.96. The maximum Gasteiger partial charge on any atom is 0.224 e. The fourth-order valence-corrected chi connectivity index (χ4v) is 3.11. The maximum absolute atomic E-state index is 9.43. The molecule has 0 bridgehead atoms. The number of fused-ring (bicyclic) bond motifs is 1. The second-order valence-corrected chi connectivity index (χ2v) is 6.40. The van der Waals surface area contributed by atoms with Gasteiger partial charge in [0.1, 0.15) is 5.52 Å². The zero-order valence-corrected chi connectivity index (χ0v) is 14.2. The van der Waals surface area contributed by atoms with E-state index in [4.69, 9.17) is 5.73 Å². The number of rotatable bonds is 5. The van der Waals surface area contributed by atoms with Crippen LogP contribution in [0.4, 0.5) is 11.8 Å². The summed E-state index contributed by atoms with van der Waals surface area (Å²) in [6, 6.07) is 0.272. The Hall–Kier alpha value is -2.19. The summed E-state index contributed by atoms with van der Waals surface area (Å²) in [6.07, 6.45) is 4.58. The van der Waals surface area contributed by atoms with E-state index in [2.05, 4.69) is 49.7 Å². The van der Waals surface area contributed by atoms with Crippen LogP contribution in [0.25, 0.3) is 11.2 Å². The van der Waals surface area contributed by atoms with E-state index in [-0.39, 0.29) is 18.6 Å². The maximum atomic E-state index is 9.43. The Morgan fingerprint density at radius 3 is 3.00 bits per heavy atom. The van der Waals surface area contributed by atoms with Crippen molar-refractivity contribution in [2.45, 2.75) is 26.3 Å². The number of nitrogens with one attached hydrogen (secondary N) is 1. The molecule has 8 nitrogen and oxygen atoms in total. The van der Waals surface area contributed by atoms with Crippen LogP contribution in [-0.2, 0) is 0 Å². The van der Waals surface area contributed by atoms with Gasteiger partial charge in [0.2, 0.25) is 5.95 Å². The van der Waals surface area contributed by atoms with Gasteiger partial charge >= 0.3 is 0 Å². The van der Waals surface area contributed by atoms with Crippen molar-refractivity contribution in [1.29, 1.82) is 0 Å². The van der Waals surface area contributed by atoms with E-state index >= 15 is 0 Å². The van der Waals surface area contributed by atoms with E-state index in [0.717, 1.165) is 43.9 Å². The predicted molar refractivity (Wildman–Crippen MR) is 94.8 cm³/mol. The van der Waals surface area contributed by atoms with Crippen LogP contribution in [0.1, 0.15) is 20.3 Å². The molecule has 3 heterocycles. The number of hydrogen-bond donors (Lipinski definition) is 3. The highest BCUT2D eigenvalue weighted by Gasteiger charge is 2.28. The van der Waals surface area contributed by atoms with Crippen molar-refractivity contribution in [1.82, 2.24) is 24.8 Å². The highest BCUT2D eigenvalue weighted by molar-refractivity contribution is 5.84. The number of nitrogens with two attached hydrogens (primary N) is 1. The van der Waals surface area contributed by atoms with E-state index < -0.39 is 0 Å². The molecule has 24 heavy (non-hydrogen) atoms. The van der Waals surface area contributed by atoms with Gasteiger partial charge in [0, 0.05) is 38.8 Å². The van der Waals surface area contributed by atoms with Crippen LogP contribution in [0, 0.1) is 0 Å². The normalized spacial score (nSPS) is 19.0. The minimum atomic E-state index is 0.176. The predicted octanol–water partition coefficient (Wildman–Crippen LogP) is 0.774. The summed E-state index contributed by atoms with van der Waals surface area (Å²) in [5, 5.41) is 9.43. The molecule has 4 N–H and O–H groups in total. The van der Waals surface area contributed by atoms with Crippen molar-refractivity contribution in [3.05, 3.63) is 18.0 Å². The Morgan fingerprint density at radius 1 is 1.42 bits per heavy atom. The molecule has 0 amide bonds. The summed E-state index contributed by atoms with van der Waals surface area (Å²) in [4.78, 5) is 20.5. The number of anilines is 2. The van der Waals surface area contributed by atoms with Gasteiger partial charge in [-0.2, -0.15) is 9.97 Å². The first-order valence-electron chi connectivity index (χ1n) is 8.28. The fourth-order valence-electron chi connectivity index (χ4n) is 3.11. The average Bonchev–Trinajstić information content (AvgIpc) is 3.01. The Balaban J connectivity index is 1.83. The third-order valence-corrected chi connectivity index (χ3v) is 4.38. The molecule has 1 aliphatic heterocycles. The molecule has 0 saturated carbocycles. The molecule has 1 atom stereocenters. The third kappa shape index (κ3) is 3.49. The third-order valence-electron chi connectivity index (χ3n) is 4.38. The van der Waals surface area contributed by atoms with Crippen molar-refractivity contribution in [3.63, 3.8) is 0 Å². The molecule has 0 radical (unpaired) electrons. The second kappa shape index (κ2) is 7.14. The molecule has 3 rings (SSSR count). The summed E-state index contributed by atoms with van der Waals surface area (Å²) in [5.41, 5.74) is 8.54. The smallest absolute Gasteiger partial charge is 0.224 e. The molecule has 8 heteroatoms. The molecule has 0 aromatic carbocycles. The molecular formula is C16H25N7O. The first-order valence-corrected chi connectivity index (χ1v) is 8.28. The molecular weight excluding hydrogens is 306 g/mol. The number of aromatic amines is 1. The summed E-state index contributed by atoms with van der Waals surface area (Å²) in [5.74, 6) is 1.02. The van der Waals surface area contributed by atoms with Crippen LogP contribution in [0.2, 0.25) is 0 Å². The van der Waals surface area contributed by atoms with Gasteiger partial charge < -0.3 is 20.7 Å². The quantitative estimate of drug-likeness (QED) is 0.695. The number of imidazole rings is 1. The first-order chi connectivity index (χ1) is 11.6.